The number of amides is 2. The lowest BCUT2D eigenvalue weighted by Gasteiger charge is -2.37. The molecule has 0 saturated carbocycles. The molecule has 0 bridgehead atoms. The number of carbonyl (C=O) groups is 2. The zero-order valence-corrected chi connectivity index (χ0v) is 16.4. The van der Waals surface area contributed by atoms with Crippen LogP contribution in [0.25, 0.3) is 0 Å². The lowest BCUT2D eigenvalue weighted by atomic mass is 9.94. The van der Waals surface area contributed by atoms with Gasteiger partial charge >= 0.3 is 12.0 Å². The Hall–Kier alpha value is -2.61. The summed E-state index contributed by atoms with van der Waals surface area (Å²) in [7, 11) is 4.69. The number of rotatable bonds is 4. The van der Waals surface area contributed by atoms with Gasteiger partial charge in [0.2, 0.25) is 0 Å². The maximum absolute atomic E-state index is 12.4. The molecule has 8 heteroatoms. The molecule has 1 aliphatic rings. The predicted molar refractivity (Wildman–Crippen MR) is 105 cm³/mol. The van der Waals surface area contributed by atoms with E-state index in [1.54, 1.807) is 20.2 Å². The quantitative estimate of drug-likeness (QED) is 0.621. The number of urea groups is 1. The van der Waals surface area contributed by atoms with Crippen LogP contribution in [0.3, 0.4) is 0 Å². The maximum atomic E-state index is 12.4. The fourth-order valence-electron chi connectivity index (χ4n) is 2.82. The van der Waals surface area contributed by atoms with E-state index in [1.807, 2.05) is 36.9 Å². The third-order valence-electron chi connectivity index (χ3n) is 4.20. The van der Waals surface area contributed by atoms with Crippen LogP contribution in [0.2, 0.25) is 0 Å². The highest BCUT2D eigenvalue weighted by Gasteiger charge is 2.34. The summed E-state index contributed by atoms with van der Waals surface area (Å²) in [5, 5.41) is 6.56. The number of ether oxygens (including phenoxy) is 1. The van der Waals surface area contributed by atoms with Gasteiger partial charge in [0.1, 0.15) is 0 Å². The molecule has 0 aromatic heterocycles. The molecule has 2 rings (SSSR count). The molecule has 0 saturated heterocycles. The van der Waals surface area contributed by atoms with Gasteiger partial charge in [-0.1, -0.05) is 12.1 Å². The second kappa shape index (κ2) is 8.18. The smallest absolute Gasteiger partial charge is 0.337 e. The first-order valence-corrected chi connectivity index (χ1v) is 8.66. The van der Waals surface area contributed by atoms with Crippen LogP contribution in [0.15, 0.2) is 35.5 Å². The van der Waals surface area contributed by atoms with Crippen LogP contribution in [-0.2, 0) is 9.53 Å². The average molecular weight is 376 g/mol. The SMILES string of the molecule is CCN1C(=S)N[C@H](c2cccc(NC(=O)N(C)C)c2)C(C(=O)OC)=C1C. The summed E-state index contributed by atoms with van der Waals surface area (Å²) in [5.74, 6) is -0.413. The Morgan fingerprint density at radius 3 is 2.65 bits per heavy atom. The molecule has 140 valence electrons. The number of carbonyl (C=O) groups excluding carboxylic acids is 2. The van der Waals surface area contributed by atoms with Crippen molar-refractivity contribution in [2.75, 3.05) is 33.1 Å². The van der Waals surface area contributed by atoms with E-state index in [4.69, 9.17) is 17.0 Å². The topological polar surface area (TPSA) is 73.9 Å². The van der Waals surface area contributed by atoms with Crippen molar-refractivity contribution in [1.29, 1.82) is 0 Å². The minimum Gasteiger partial charge on any atom is -0.466 e. The van der Waals surface area contributed by atoms with E-state index in [2.05, 4.69) is 10.6 Å². The average Bonchev–Trinajstić information content (AvgIpc) is 2.61. The summed E-state index contributed by atoms with van der Waals surface area (Å²) < 4.78 is 4.98. The number of hydrogen-bond acceptors (Lipinski definition) is 4. The van der Waals surface area contributed by atoms with E-state index in [0.29, 0.717) is 22.9 Å². The number of hydrogen-bond donors (Lipinski definition) is 2. The van der Waals surface area contributed by atoms with Gasteiger partial charge in [0.15, 0.2) is 5.11 Å². The molecule has 0 spiro atoms. The molecular formula is C18H24N4O3S. The van der Waals surface area contributed by atoms with E-state index >= 15 is 0 Å². The predicted octanol–water partition coefficient (Wildman–Crippen LogP) is 2.48. The molecule has 2 N–H and O–H groups in total. The highest BCUT2D eigenvalue weighted by molar-refractivity contribution is 7.80. The van der Waals surface area contributed by atoms with Crippen LogP contribution in [0.4, 0.5) is 10.5 Å². The molecule has 26 heavy (non-hydrogen) atoms. The number of nitrogens with zero attached hydrogens (tertiary/aromatic N) is 2. The third kappa shape index (κ3) is 3.96. The summed E-state index contributed by atoms with van der Waals surface area (Å²) in [6.45, 7) is 4.46. The summed E-state index contributed by atoms with van der Waals surface area (Å²) in [5.41, 5.74) is 2.70. The second-order valence-corrected chi connectivity index (χ2v) is 6.45. The highest BCUT2D eigenvalue weighted by atomic mass is 32.1. The molecule has 1 heterocycles. The van der Waals surface area contributed by atoms with Crippen molar-refractivity contribution < 1.29 is 14.3 Å². The molecule has 1 aliphatic heterocycles. The molecule has 7 nitrogen and oxygen atoms in total. The molecule has 1 aromatic rings. The van der Waals surface area contributed by atoms with Gasteiger partial charge in [-0.15, -0.1) is 0 Å². The molecule has 0 unspecified atom stereocenters. The first-order chi connectivity index (χ1) is 12.3. The highest BCUT2D eigenvalue weighted by Crippen LogP contribution is 2.32. The number of methoxy groups -OCH3 is 1. The lowest BCUT2D eigenvalue weighted by molar-refractivity contribution is -0.136. The van der Waals surface area contributed by atoms with E-state index in [0.717, 1.165) is 11.3 Å². The van der Waals surface area contributed by atoms with Gasteiger partial charge < -0.3 is 25.2 Å². The van der Waals surface area contributed by atoms with Crippen LogP contribution >= 0.6 is 12.2 Å². The van der Waals surface area contributed by atoms with Crippen molar-refractivity contribution in [2.45, 2.75) is 19.9 Å². The number of benzene rings is 1. The number of esters is 1. The second-order valence-electron chi connectivity index (χ2n) is 6.07. The van der Waals surface area contributed by atoms with Crippen molar-refractivity contribution in [3.8, 4) is 0 Å². The molecule has 1 atom stereocenters. The van der Waals surface area contributed by atoms with Gasteiger partial charge in [-0.25, -0.2) is 9.59 Å². The largest absolute Gasteiger partial charge is 0.466 e. The van der Waals surface area contributed by atoms with Crippen molar-refractivity contribution in [1.82, 2.24) is 15.1 Å². The molecular weight excluding hydrogens is 352 g/mol. The lowest BCUT2D eigenvalue weighted by Crippen LogP contribution is -2.47. The Labute approximate surface area is 159 Å². The number of anilines is 1. The van der Waals surface area contributed by atoms with E-state index in [1.165, 1.54) is 12.0 Å². The summed E-state index contributed by atoms with van der Waals surface area (Å²) in [4.78, 5) is 27.6. The molecule has 0 radical (unpaired) electrons. The molecule has 2 amide bonds. The standard InChI is InChI=1S/C18H24N4O3S/c1-6-22-11(2)14(16(23)25-5)15(20-18(22)26)12-8-7-9-13(10-12)19-17(24)21(3)4/h7-10,15H,6H2,1-5H3,(H,19,24)(H,20,26)/t15-/m1/s1. The minimum absolute atomic E-state index is 0.230. The van der Waals surface area contributed by atoms with Gasteiger partial charge in [0.25, 0.3) is 0 Å². The van der Waals surface area contributed by atoms with Gasteiger partial charge in [0, 0.05) is 32.0 Å². The first-order valence-electron chi connectivity index (χ1n) is 8.25. The van der Waals surface area contributed by atoms with Gasteiger partial charge in [-0.05, 0) is 43.8 Å². The summed E-state index contributed by atoms with van der Waals surface area (Å²) in [6, 6.07) is 6.63. The maximum Gasteiger partial charge on any atom is 0.337 e. The van der Waals surface area contributed by atoms with Crippen LogP contribution in [0.1, 0.15) is 25.5 Å². The van der Waals surface area contributed by atoms with Crippen molar-refractivity contribution in [3.05, 3.63) is 41.1 Å². The van der Waals surface area contributed by atoms with Crippen LogP contribution < -0.4 is 10.6 Å². The fourth-order valence-corrected chi connectivity index (χ4v) is 3.20. The van der Waals surface area contributed by atoms with E-state index < -0.39 is 12.0 Å². The summed E-state index contributed by atoms with van der Waals surface area (Å²) in [6.07, 6.45) is 0. The van der Waals surface area contributed by atoms with E-state index in [-0.39, 0.29) is 6.03 Å². The Balaban J connectivity index is 2.45. The van der Waals surface area contributed by atoms with E-state index in [9.17, 15) is 9.59 Å². The third-order valence-corrected chi connectivity index (χ3v) is 4.53. The number of allylic oxidation sites excluding steroid dienone is 1. The molecule has 0 fully saturated rings. The normalized spacial score (nSPS) is 16.9. The Kier molecular flexibility index (Phi) is 6.20. The molecule has 1 aromatic carbocycles. The van der Waals surface area contributed by atoms with Crippen molar-refractivity contribution in [3.63, 3.8) is 0 Å². The van der Waals surface area contributed by atoms with Crippen LogP contribution in [-0.4, -0.2) is 54.7 Å². The van der Waals surface area contributed by atoms with Gasteiger partial charge in [0.05, 0.1) is 18.7 Å². The number of nitrogens with one attached hydrogen (secondary N) is 2. The van der Waals surface area contributed by atoms with Crippen LogP contribution in [0, 0.1) is 0 Å². The van der Waals surface area contributed by atoms with Crippen molar-refractivity contribution in [2.24, 2.45) is 0 Å². The molecule has 0 aliphatic carbocycles. The minimum atomic E-state index is -0.450. The zero-order chi connectivity index (χ0) is 19.4. The zero-order valence-electron chi connectivity index (χ0n) is 15.6. The first kappa shape index (κ1) is 19.7. The fraction of sp³-hybridized carbons (Fsp3) is 0.389. The number of thiocarbonyl (C=S) groups is 1. The van der Waals surface area contributed by atoms with Gasteiger partial charge in [-0.2, -0.15) is 0 Å². The Morgan fingerprint density at radius 1 is 1.38 bits per heavy atom. The van der Waals surface area contributed by atoms with Crippen LogP contribution in [0.5, 0.6) is 0 Å². The van der Waals surface area contributed by atoms with Crippen molar-refractivity contribution >= 4 is 35.0 Å². The van der Waals surface area contributed by atoms with Gasteiger partial charge in [-0.3, -0.25) is 0 Å². The Morgan fingerprint density at radius 2 is 2.08 bits per heavy atom. The monoisotopic (exact) mass is 376 g/mol. The summed E-state index contributed by atoms with van der Waals surface area (Å²) >= 11 is 5.45. The Bertz CT molecular complexity index is 761.